The predicted molar refractivity (Wildman–Crippen MR) is 66.9 cm³/mol. The van der Waals surface area contributed by atoms with E-state index >= 15 is 0 Å². The maximum Gasteiger partial charge on any atom is 0.178 e. The molecule has 3 nitrogen and oxygen atoms in total. The molecule has 0 saturated heterocycles. The molecule has 1 aliphatic heterocycles. The third kappa shape index (κ3) is 1.70. The largest absolute Gasteiger partial charge is 0.313 e. The summed E-state index contributed by atoms with van der Waals surface area (Å²) in [6.07, 6.45) is 3.97. The zero-order chi connectivity index (χ0) is 12.0. The Bertz CT molecular complexity index is 563. The number of aryl methyl sites for hydroxylation is 2. The number of nitrogens with one attached hydrogen (secondary N) is 1. The Kier molecular flexibility index (Phi) is 2.52. The second-order valence-electron chi connectivity index (χ2n) is 4.96. The van der Waals surface area contributed by atoms with Gasteiger partial charge in [0.2, 0.25) is 0 Å². The Balaban J connectivity index is 2.23. The van der Waals surface area contributed by atoms with Gasteiger partial charge in [-0.15, -0.1) is 0 Å². The van der Waals surface area contributed by atoms with Crippen molar-refractivity contribution in [1.29, 1.82) is 0 Å². The molecule has 1 atom stereocenters. The van der Waals surface area contributed by atoms with E-state index in [1.165, 1.54) is 11.1 Å². The summed E-state index contributed by atoms with van der Waals surface area (Å²) in [6.45, 7) is 0. The monoisotopic (exact) mass is 251 g/mol. The quantitative estimate of drug-likeness (QED) is 0.825. The molecule has 1 aliphatic carbocycles. The molecule has 1 aromatic rings. The highest BCUT2D eigenvalue weighted by Crippen LogP contribution is 2.36. The average Bonchev–Trinajstić information content (AvgIpc) is 2.74. The summed E-state index contributed by atoms with van der Waals surface area (Å²) in [5.41, 5.74) is 3.57. The van der Waals surface area contributed by atoms with Gasteiger partial charge in [-0.2, -0.15) is 0 Å². The van der Waals surface area contributed by atoms with Crippen molar-refractivity contribution in [3.8, 4) is 0 Å². The van der Waals surface area contributed by atoms with E-state index in [9.17, 15) is 8.42 Å². The number of hydrogen-bond donors (Lipinski definition) is 1. The van der Waals surface area contributed by atoms with E-state index in [2.05, 4.69) is 11.4 Å². The lowest BCUT2D eigenvalue weighted by molar-refractivity contribution is 0.528. The SMILES string of the molecule is CNC1CCS(=O)(=O)c2cc3c(cc21)CCC3. The van der Waals surface area contributed by atoms with Gasteiger partial charge in [0.25, 0.3) is 0 Å². The fraction of sp³-hybridized carbons (Fsp3) is 0.538. The molecule has 1 N–H and O–H groups in total. The summed E-state index contributed by atoms with van der Waals surface area (Å²) in [4.78, 5) is 0.573. The van der Waals surface area contributed by atoms with Crippen LogP contribution in [-0.2, 0) is 22.7 Å². The van der Waals surface area contributed by atoms with E-state index in [1.807, 2.05) is 13.1 Å². The summed E-state index contributed by atoms with van der Waals surface area (Å²) in [7, 11) is -1.14. The van der Waals surface area contributed by atoms with Gasteiger partial charge in [-0.1, -0.05) is 6.07 Å². The minimum Gasteiger partial charge on any atom is -0.313 e. The van der Waals surface area contributed by atoms with Gasteiger partial charge in [-0.25, -0.2) is 8.42 Å². The fourth-order valence-corrected chi connectivity index (χ4v) is 4.65. The topological polar surface area (TPSA) is 46.2 Å². The summed E-state index contributed by atoms with van der Waals surface area (Å²) in [5.74, 6) is 0.268. The van der Waals surface area contributed by atoms with Crippen molar-refractivity contribution in [2.45, 2.75) is 36.6 Å². The Labute approximate surface area is 102 Å². The zero-order valence-corrected chi connectivity index (χ0v) is 10.8. The molecule has 1 aromatic carbocycles. The number of rotatable bonds is 1. The van der Waals surface area contributed by atoms with Crippen LogP contribution in [0.25, 0.3) is 0 Å². The van der Waals surface area contributed by atoms with E-state index in [0.29, 0.717) is 11.3 Å². The van der Waals surface area contributed by atoms with Crippen LogP contribution in [0.15, 0.2) is 17.0 Å². The summed E-state index contributed by atoms with van der Waals surface area (Å²) in [5, 5.41) is 3.22. The molecule has 0 aromatic heterocycles. The maximum atomic E-state index is 12.1. The fourth-order valence-electron chi connectivity index (χ4n) is 3.00. The first-order chi connectivity index (χ1) is 8.12. The summed E-state index contributed by atoms with van der Waals surface area (Å²) in [6, 6.07) is 4.24. The second-order valence-corrected chi connectivity index (χ2v) is 7.04. The van der Waals surface area contributed by atoms with E-state index in [4.69, 9.17) is 0 Å². The lowest BCUT2D eigenvalue weighted by atomic mass is 9.99. The maximum absolute atomic E-state index is 12.1. The van der Waals surface area contributed by atoms with Gasteiger partial charge in [0.1, 0.15) is 0 Å². The molecular formula is C13H17NO2S. The van der Waals surface area contributed by atoms with Gasteiger partial charge in [0.15, 0.2) is 9.84 Å². The first kappa shape index (κ1) is 11.2. The van der Waals surface area contributed by atoms with Crippen LogP contribution >= 0.6 is 0 Å². The smallest absolute Gasteiger partial charge is 0.178 e. The third-order valence-electron chi connectivity index (χ3n) is 3.96. The number of benzene rings is 1. The Morgan fingerprint density at radius 2 is 1.94 bits per heavy atom. The van der Waals surface area contributed by atoms with E-state index < -0.39 is 9.84 Å². The van der Waals surface area contributed by atoms with Crippen LogP contribution in [-0.4, -0.2) is 21.2 Å². The Morgan fingerprint density at radius 1 is 1.24 bits per heavy atom. The number of hydrogen-bond acceptors (Lipinski definition) is 3. The minimum absolute atomic E-state index is 0.194. The molecule has 0 saturated carbocycles. The molecule has 1 unspecified atom stereocenters. The van der Waals surface area contributed by atoms with Crippen LogP contribution < -0.4 is 5.32 Å². The first-order valence-corrected chi connectivity index (χ1v) is 7.83. The number of fused-ring (bicyclic) bond motifs is 2. The standard InChI is InChI=1S/C13H17NO2S/c1-14-12-5-6-17(15,16)13-8-10-4-2-3-9(10)7-11(12)13/h7-8,12,14H,2-6H2,1H3. The van der Waals surface area contributed by atoms with Crippen molar-refractivity contribution in [1.82, 2.24) is 5.32 Å². The molecule has 92 valence electrons. The van der Waals surface area contributed by atoms with Gasteiger partial charge < -0.3 is 5.32 Å². The Hall–Kier alpha value is -0.870. The van der Waals surface area contributed by atoms with Crippen molar-refractivity contribution >= 4 is 9.84 Å². The molecule has 4 heteroatoms. The molecule has 0 radical (unpaired) electrons. The first-order valence-electron chi connectivity index (χ1n) is 6.17. The average molecular weight is 251 g/mol. The van der Waals surface area contributed by atoms with Crippen molar-refractivity contribution < 1.29 is 8.42 Å². The van der Waals surface area contributed by atoms with Crippen molar-refractivity contribution in [2.24, 2.45) is 0 Å². The highest BCUT2D eigenvalue weighted by atomic mass is 32.2. The van der Waals surface area contributed by atoms with Crippen molar-refractivity contribution in [2.75, 3.05) is 12.8 Å². The van der Waals surface area contributed by atoms with Gasteiger partial charge in [-0.3, -0.25) is 0 Å². The van der Waals surface area contributed by atoms with Crippen LogP contribution in [0.1, 0.15) is 35.6 Å². The summed E-state index contributed by atoms with van der Waals surface area (Å²) < 4.78 is 24.2. The van der Waals surface area contributed by atoms with E-state index in [1.54, 1.807) is 0 Å². The zero-order valence-electron chi connectivity index (χ0n) is 9.99. The molecule has 17 heavy (non-hydrogen) atoms. The van der Waals surface area contributed by atoms with Crippen LogP contribution in [0.4, 0.5) is 0 Å². The molecule has 0 spiro atoms. The molecule has 2 aliphatic rings. The van der Waals surface area contributed by atoms with Gasteiger partial charge in [0.05, 0.1) is 10.6 Å². The van der Waals surface area contributed by atoms with Gasteiger partial charge in [0, 0.05) is 6.04 Å². The van der Waals surface area contributed by atoms with Crippen LogP contribution in [0.3, 0.4) is 0 Å². The molecule has 0 bridgehead atoms. The van der Waals surface area contributed by atoms with E-state index in [0.717, 1.165) is 24.8 Å². The van der Waals surface area contributed by atoms with Gasteiger partial charge >= 0.3 is 0 Å². The van der Waals surface area contributed by atoms with Crippen LogP contribution in [0.5, 0.6) is 0 Å². The van der Waals surface area contributed by atoms with Crippen molar-refractivity contribution in [3.63, 3.8) is 0 Å². The predicted octanol–water partition coefficient (Wildman–Crippen LogP) is 1.61. The minimum atomic E-state index is -3.05. The number of sulfone groups is 1. The Morgan fingerprint density at radius 3 is 2.65 bits per heavy atom. The third-order valence-corrected chi connectivity index (χ3v) is 5.76. The summed E-state index contributed by atoms with van der Waals surface area (Å²) >= 11 is 0. The van der Waals surface area contributed by atoms with Crippen molar-refractivity contribution in [3.05, 3.63) is 28.8 Å². The van der Waals surface area contributed by atoms with Crippen LogP contribution in [0, 0.1) is 0 Å². The lowest BCUT2D eigenvalue weighted by Crippen LogP contribution is -2.27. The molecule has 0 amide bonds. The highest BCUT2D eigenvalue weighted by Gasteiger charge is 2.31. The molecular weight excluding hydrogens is 234 g/mol. The van der Waals surface area contributed by atoms with Crippen LogP contribution in [0.2, 0.25) is 0 Å². The molecule has 0 fully saturated rings. The highest BCUT2D eigenvalue weighted by molar-refractivity contribution is 7.91. The lowest BCUT2D eigenvalue weighted by Gasteiger charge is -2.26. The molecule has 1 heterocycles. The second kappa shape index (κ2) is 3.82. The van der Waals surface area contributed by atoms with Gasteiger partial charge in [-0.05, 0) is 55.5 Å². The normalized spacial score (nSPS) is 25.4. The molecule has 3 rings (SSSR count). The van der Waals surface area contributed by atoms with E-state index in [-0.39, 0.29) is 11.8 Å².